The van der Waals surface area contributed by atoms with Crippen LogP contribution in [-0.2, 0) is 4.79 Å². The van der Waals surface area contributed by atoms with Crippen molar-refractivity contribution in [3.05, 3.63) is 53.8 Å². The fraction of sp³-hybridized carbons (Fsp3) is 0.381. The van der Waals surface area contributed by atoms with Crippen LogP contribution >= 0.6 is 0 Å². The molecule has 1 aliphatic rings. The predicted molar refractivity (Wildman–Crippen MR) is 105 cm³/mol. The minimum absolute atomic E-state index is 0.0205. The van der Waals surface area contributed by atoms with Gasteiger partial charge in [0, 0.05) is 11.6 Å². The summed E-state index contributed by atoms with van der Waals surface area (Å²) in [5.74, 6) is 1.40. The Balaban J connectivity index is 1.29. The van der Waals surface area contributed by atoms with E-state index >= 15 is 0 Å². The second kappa shape index (κ2) is 7.98. The molecule has 7 heteroatoms. The molecule has 0 radical (unpaired) electrons. The Kier molecular flexibility index (Phi) is 5.25. The first-order valence-electron chi connectivity index (χ1n) is 9.54. The van der Waals surface area contributed by atoms with Crippen molar-refractivity contribution in [2.75, 3.05) is 25.0 Å². The molecule has 1 aliphatic heterocycles. The zero-order valence-electron chi connectivity index (χ0n) is 16.1. The van der Waals surface area contributed by atoms with Crippen LogP contribution < -0.4 is 5.32 Å². The number of amides is 1. The Morgan fingerprint density at radius 1 is 1.21 bits per heavy atom. The van der Waals surface area contributed by atoms with Crippen molar-refractivity contribution in [1.29, 1.82) is 0 Å². The summed E-state index contributed by atoms with van der Waals surface area (Å²) >= 11 is 0. The molecule has 0 aliphatic carbocycles. The van der Waals surface area contributed by atoms with Crippen molar-refractivity contribution in [2.45, 2.75) is 32.6 Å². The minimum atomic E-state index is 0.0205. The van der Waals surface area contributed by atoms with Gasteiger partial charge < -0.3 is 14.2 Å². The quantitative estimate of drug-likeness (QED) is 0.725. The van der Waals surface area contributed by atoms with Crippen molar-refractivity contribution in [3.8, 4) is 11.5 Å². The highest BCUT2D eigenvalue weighted by atomic mass is 16.4. The molecule has 1 amide bonds. The fourth-order valence-corrected chi connectivity index (χ4v) is 3.52. The second-order valence-corrected chi connectivity index (χ2v) is 7.30. The van der Waals surface area contributed by atoms with E-state index < -0.39 is 0 Å². The van der Waals surface area contributed by atoms with Gasteiger partial charge in [-0.1, -0.05) is 12.1 Å². The number of rotatable bonds is 5. The van der Waals surface area contributed by atoms with E-state index in [9.17, 15) is 4.79 Å². The van der Waals surface area contributed by atoms with Crippen molar-refractivity contribution in [3.63, 3.8) is 0 Å². The van der Waals surface area contributed by atoms with Crippen LogP contribution in [0, 0.1) is 13.8 Å². The first kappa shape index (κ1) is 18.4. The molecular formula is C21H24N4O3. The standard InChI is InChI=1S/C21H24N4O3/c1-14-4-3-5-18(15(14)2)22-19(26)12-25-9-6-16(7-10-25)20-23-24-21(28-20)17-8-11-27-13-17/h3-5,8,11,13,16H,6-7,9-10,12H2,1-2H3,(H,22,26). The van der Waals surface area contributed by atoms with E-state index in [2.05, 4.69) is 20.4 Å². The van der Waals surface area contributed by atoms with Gasteiger partial charge in [-0.2, -0.15) is 0 Å². The van der Waals surface area contributed by atoms with Crippen LogP contribution in [0.2, 0.25) is 0 Å². The molecule has 7 nitrogen and oxygen atoms in total. The Morgan fingerprint density at radius 2 is 2.04 bits per heavy atom. The Morgan fingerprint density at radius 3 is 2.79 bits per heavy atom. The molecule has 4 rings (SSSR count). The molecule has 0 bridgehead atoms. The number of nitrogens with one attached hydrogen (secondary N) is 1. The lowest BCUT2D eigenvalue weighted by atomic mass is 9.97. The van der Waals surface area contributed by atoms with Gasteiger partial charge in [0.25, 0.3) is 5.89 Å². The molecule has 2 aromatic heterocycles. The van der Waals surface area contributed by atoms with E-state index in [1.807, 2.05) is 32.0 Å². The monoisotopic (exact) mass is 380 g/mol. The van der Waals surface area contributed by atoms with Crippen molar-refractivity contribution in [1.82, 2.24) is 15.1 Å². The zero-order chi connectivity index (χ0) is 19.5. The normalized spacial score (nSPS) is 15.6. The van der Waals surface area contributed by atoms with Crippen molar-refractivity contribution in [2.24, 2.45) is 0 Å². The van der Waals surface area contributed by atoms with Gasteiger partial charge in [-0.05, 0) is 63.0 Å². The topological polar surface area (TPSA) is 84.4 Å². The molecule has 146 valence electrons. The molecule has 0 saturated carbocycles. The van der Waals surface area contributed by atoms with Crippen LogP contribution in [-0.4, -0.2) is 40.6 Å². The number of likely N-dealkylation sites (tertiary alicyclic amines) is 1. The summed E-state index contributed by atoms with van der Waals surface area (Å²) < 4.78 is 10.9. The van der Waals surface area contributed by atoms with Crippen molar-refractivity contribution < 1.29 is 13.6 Å². The summed E-state index contributed by atoms with van der Waals surface area (Å²) in [6.45, 7) is 6.12. The third-order valence-corrected chi connectivity index (χ3v) is 5.39. The van der Waals surface area contributed by atoms with Gasteiger partial charge in [0.2, 0.25) is 11.8 Å². The predicted octanol–water partition coefficient (Wildman–Crippen LogP) is 3.76. The molecule has 1 aromatic carbocycles. The van der Waals surface area contributed by atoms with Gasteiger partial charge in [-0.15, -0.1) is 10.2 Å². The Hall–Kier alpha value is -2.93. The number of aromatic nitrogens is 2. The number of furan rings is 1. The number of carbonyl (C=O) groups is 1. The minimum Gasteiger partial charge on any atom is -0.472 e. The van der Waals surface area contributed by atoms with Gasteiger partial charge in [0.15, 0.2) is 0 Å². The number of hydrogen-bond donors (Lipinski definition) is 1. The fourth-order valence-electron chi connectivity index (χ4n) is 3.52. The Bertz CT molecular complexity index is 940. The van der Waals surface area contributed by atoms with Crippen molar-refractivity contribution >= 4 is 11.6 Å². The number of aryl methyl sites for hydroxylation is 1. The molecular weight excluding hydrogens is 356 g/mol. The summed E-state index contributed by atoms with van der Waals surface area (Å²) in [7, 11) is 0. The SMILES string of the molecule is Cc1cccc(NC(=O)CN2CCC(c3nnc(-c4ccoc4)o3)CC2)c1C. The maximum absolute atomic E-state index is 12.4. The van der Waals surface area contributed by atoms with Crippen LogP contribution in [0.3, 0.4) is 0 Å². The summed E-state index contributed by atoms with van der Waals surface area (Å²) in [6.07, 6.45) is 4.96. The van der Waals surface area contributed by atoms with E-state index in [0.29, 0.717) is 18.3 Å². The van der Waals surface area contributed by atoms with E-state index in [4.69, 9.17) is 8.83 Å². The summed E-state index contributed by atoms with van der Waals surface area (Å²) in [5.41, 5.74) is 3.96. The van der Waals surface area contributed by atoms with Gasteiger partial charge in [0.05, 0.1) is 18.4 Å². The highest BCUT2D eigenvalue weighted by molar-refractivity contribution is 5.93. The maximum Gasteiger partial charge on any atom is 0.250 e. The molecule has 28 heavy (non-hydrogen) atoms. The molecule has 3 aromatic rings. The first-order chi connectivity index (χ1) is 13.6. The number of piperidine rings is 1. The van der Waals surface area contributed by atoms with E-state index in [0.717, 1.165) is 42.7 Å². The summed E-state index contributed by atoms with van der Waals surface area (Å²) in [4.78, 5) is 14.6. The van der Waals surface area contributed by atoms with E-state index in [-0.39, 0.29) is 11.8 Å². The number of benzene rings is 1. The number of anilines is 1. The maximum atomic E-state index is 12.4. The molecule has 0 unspecified atom stereocenters. The number of carbonyl (C=O) groups excluding carboxylic acids is 1. The largest absolute Gasteiger partial charge is 0.472 e. The van der Waals surface area contributed by atoms with Crippen LogP contribution in [0.25, 0.3) is 11.5 Å². The molecule has 0 spiro atoms. The lowest BCUT2D eigenvalue weighted by Gasteiger charge is -2.29. The van der Waals surface area contributed by atoms with Gasteiger partial charge >= 0.3 is 0 Å². The lowest BCUT2D eigenvalue weighted by molar-refractivity contribution is -0.117. The first-order valence-corrected chi connectivity index (χ1v) is 9.54. The summed E-state index contributed by atoms with van der Waals surface area (Å²) in [6, 6.07) is 7.75. The van der Waals surface area contributed by atoms with E-state index in [1.165, 1.54) is 5.56 Å². The second-order valence-electron chi connectivity index (χ2n) is 7.30. The molecule has 0 atom stereocenters. The number of nitrogens with zero attached hydrogens (tertiary/aromatic N) is 3. The third kappa shape index (κ3) is 3.99. The summed E-state index contributed by atoms with van der Waals surface area (Å²) in [5, 5.41) is 11.3. The van der Waals surface area contributed by atoms with Crippen LogP contribution in [0.4, 0.5) is 5.69 Å². The van der Waals surface area contributed by atoms with Crippen LogP contribution in [0.1, 0.15) is 35.8 Å². The molecule has 1 N–H and O–H groups in total. The van der Waals surface area contributed by atoms with Crippen LogP contribution in [0.5, 0.6) is 0 Å². The average molecular weight is 380 g/mol. The third-order valence-electron chi connectivity index (χ3n) is 5.39. The van der Waals surface area contributed by atoms with Gasteiger partial charge in [0.1, 0.15) is 6.26 Å². The molecule has 1 fully saturated rings. The van der Waals surface area contributed by atoms with E-state index in [1.54, 1.807) is 18.6 Å². The smallest absolute Gasteiger partial charge is 0.250 e. The zero-order valence-corrected chi connectivity index (χ0v) is 16.1. The number of hydrogen-bond acceptors (Lipinski definition) is 6. The average Bonchev–Trinajstić information content (AvgIpc) is 3.37. The highest BCUT2D eigenvalue weighted by Gasteiger charge is 2.26. The lowest BCUT2D eigenvalue weighted by Crippen LogP contribution is -2.38. The Labute approximate surface area is 163 Å². The molecule has 1 saturated heterocycles. The highest BCUT2D eigenvalue weighted by Crippen LogP contribution is 2.29. The van der Waals surface area contributed by atoms with Crippen LogP contribution in [0.15, 0.2) is 45.6 Å². The molecule has 3 heterocycles. The van der Waals surface area contributed by atoms with Gasteiger partial charge in [-0.3, -0.25) is 9.69 Å². The van der Waals surface area contributed by atoms with Gasteiger partial charge in [-0.25, -0.2) is 0 Å².